The van der Waals surface area contributed by atoms with E-state index in [9.17, 15) is 0 Å². The van der Waals surface area contributed by atoms with E-state index >= 15 is 0 Å². The molecule has 2 nitrogen and oxygen atoms in total. The van der Waals surface area contributed by atoms with Gasteiger partial charge >= 0.3 is 0 Å². The summed E-state index contributed by atoms with van der Waals surface area (Å²) in [5.41, 5.74) is 1.08. The van der Waals surface area contributed by atoms with Gasteiger partial charge in [-0.25, -0.2) is 0 Å². The molecule has 1 aromatic rings. The van der Waals surface area contributed by atoms with Crippen molar-refractivity contribution in [3.8, 4) is 5.75 Å². The minimum absolute atomic E-state index is 0.0716. The van der Waals surface area contributed by atoms with E-state index in [1.807, 2.05) is 30.3 Å². The fraction of sp³-hybridized carbons (Fsp3) is 0.467. The molecule has 0 aliphatic rings. The van der Waals surface area contributed by atoms with Gasteiger partial charge in [0.15, 0.2) is 0 Å². The SMILES string of the molecule is CC(C)(C)[Si](C)(C)Oc1ccc(C=CCO)cc1. The third kappa shape index (κ3) is 4.00. The molecule has 0 amide bonds. The van der Waals surface area contributed by atoms with Crippen LogP contribution >= 0.6 is 0 Å². The summed E-state index contributed by atoms with van der Waals surface area (Å²) in [6.45, 7) is 11.3. The van der Waals surface area contributed by atoms with Gasteiger partial charge in [-0.1, -0.05) is 45.1 Å². The molecule has 0 heterocycles. The molecule has 0 radical (unpaired) electrons. The van der Waals surface area contributed by atoms with E-state index in [4.69, 9.17) is 9.53 Å². The molecule has 0 atom stereocenters. The van der Waals surface area contributed by atoms with Crippen LogP contribution in [0.5, 0.6) is 5.75 Å². The second-order valence-electron chi connectivity index (χ2n) is 6.02. The van der Waals surface area contributed by atoms with Crippen molar-refractivity contribution in [3.63, 3.8) is 0 Å². The Labute approximate surface area is 111 Å². The van der Waals surface area contributed by atoms with E-state index in [-0.39, 0.29) is 11.6 Å². The second-order valence-corrected chi connectivity index (χ2v) is 10.7. The summed E-state index contributed by atoms with van der Waals surface area (Å²) in [6.07, 6.45) is 3.62. The van der Waals surface area contributed by atoms with Gasteiger partial charge in [0.1, 0.15) is 5.75 Å². The molecule has 0 unspecified atom stereocenters. The number of aliphatic hydroxyl groups excluding tert-OH is 1. The standard InChI is InChI=1S/C15H24O2Si/c1-15(2,3)18(4,5)17-14-10-8-13(9-11-14)7-6-12-16/h6-11,16H,12H2,1-5H3. The van der Waals surface area contributed by atoms with Gasteiger partial charge in [0.25, 0.3) is 0 Å². The maximum Gasteiger partial charge on any atom is 0.250 e. The van der Waals surface area contributed by atoms with Crippen LogP contribution < -0.4 is 4.43 Å². The summed E-state index contributed by atoms with van der Waals surface area (Å²) in [6, 6.07) is 8.01. The third-order valence-corrected chi connectivity index (χ3v) is 7.83. The van der Waals surface area contributed by atoms with Gasteiger partial charge in [-0.2, -0.15) is 0 Å². The number of benzene rings is 1. The molecule has 0 spiro atoms. The summed E-state index contributed by atoms with van der Waals surface area (Å²) in [5.74, 6) is 0.933. The Morgan fingerprint density at radius 1 is 1.17 bits per heavy atom. The average Bonchev–Trinajstić information content (AvgIpc) is 2.26. The minimum atomic E-state index is -1.75. The van der Waals surface area contributed by atoms with Crippen LogP contribution in [0, 0.1) is 0 Å². The van der Waals surface area contributed by atoms with E-state index in [1.165, 1.54) is 0 Å². The van der Waals surface area contributed by atoms with Crippen molar-refractivity contribution in [2.24, 2.45) is 0 Å². The Balaban J connectivity index is 2.78. The molecule has 0 saturated carbocycles. The highest BCUT2D eigenvalue weighted by Gasteiger charge is 2.38. The monoisotopic (exact) mass is 264 g/mol. The first-order chi connectivity index (χ1) is 8.26. The maximum atomic E-state index is 8.72. The molecule has 3 heteroatoms. The van der Waals surface area contributed by atoms with Crippen molar-refractivity contribution in [2.45, 2.75) is 38.9 Å². The largest absolute Gasteiger partial charge is 0.544 e. The van der Waals surface area contributed by atoms with Gasteiger partial charge in [0, 0.05) is 0 Å². The molecule has 1 N–H and O–H groups in total. The molecule has 0 aromatic heterocycles. The van der Waals surface area contributed by atoms with Crippen LogP contribution in [0.3, 0.4) is 0 Å². The van der Waals surface area contributed by atoms with Crippen LogP contribution in [-0.2, 0) is 0 Å². The number of aliphatic hydroxyl groups is 1. The van der Waals surface area contributed by atoms with Crippen molar-refractivity contribution >= 4 is 14.4 Å². The first-order valence-electron chi connectivity index (χ1n) is 6.33. The molecular formula is C15H24O2Si. The molecule has 0 aliphatic carbocycles. The van der Waals surface area contributed by atoms with Crippen molar-refractivity contribution in [2.75, 3.05) is 6.61 Å². The summed E-state index contributed by atoms with van der Waals surface area (Å²) in [7, 11) is -1.75. The van der Waals surface area contributed by atoms with Gasteiger partial charge in [0.05, 0.1) is 6.61 Å². The van der Waals surface area contributed by atoms with Gasteiger partial charge < -0.3 is 9.53 Å². The van der Waals surface area contributed by atoms with Gasteiger partial charge in [-0.05, 0) is 35.8 Å². The molecule has 0 aliphatic heterocycles. The molecular weight excluding hydrogens is 240 g/mol. The van der Waals surface area contributed by atoms with Crippen molar-refractivity contribution < 1.29 is 9.53 Å². The Bertz CT molecular complexity index is 399. The Morgan fingerprint density at radius 3 is 2.17 bits per heavy atom. The van der Waals surface area contributed by atoms with Gasteiger partial charge in [-0.15, -0.1) is 0 Å². The van der Waals surface area contributed by atoms with Crippen LogP contribution in [0.1, 0.15) is 26.3 Å². The average molecular weight is 264 g/mol. The molecule has 100 valence electrons. The zero-order valence-electron chi connectivity index (χ0n) is 12.0. The minimum Gasteiger partial charge on any atom is -0.544 e. The molecule has 0 saturated heterocycles. The highest BCUT2D eigenvalue weighted by molar-refractivity contribution is 6.74. The summed E-state index contributed by atoms with van der Waals surface area (Å²) < 4.78 is 6.19. The fourth-order valence-corrected chi connectivity index (χ4v) is 2.32. The van der Waals surface area contributed by atoms with Gasteiger partial charge in [0.2, 0.25) is 8.32 Å². The number of hydrogen-bond donors (Lipinski definition) is 1. The highest BCUT2D eigenvalue weighted by atomic mass is 28.4. The van der Waals surface area contributed by atoms with E-state index in [2.05, 4.69) is 33.9 Å². The number of rotatable bonds is 4. The zero-order valence-corrected chi connectivity index (χ0v) is 13.0. The lowest BCUT2D eigenvalue weighted by Crippen LogP contribution is -2.43. The quantitative estimate of drug-likeness (QED) is 0.830. The van der Waals surface area contributed by atoms with Gasteiger partial charge in [-0.3, -0.25) is 0 Å². The molecule has 0 fully saturated rings. The van der Waals surface area contributed by atoms with Crippen molar-refractivity contribution in [3.05, 3.63) is 35.9 Å². The summed E-state index contributed by atoms with van der Waals surface area (Å²) in [4.78, 5) is 0. The van der Waals surface area contributed by atoms with Crippen LogP contribution in [0.2, 0.25) is 18.1 Å². The van der Waals surface area contributed by atoms with Crippen LogP contribution in [0.25, 0.3) is 6.08 Å². The lowest BCUT2D eigenvalue weighted by atomic mass is 10.2. The second kappa shape index (κ2) is 5.72. The third-order valence-electron chi connectivity index (χ3n) is 3.48. The van der Waals surface area contributed by atoms with Crippen molar-refractivity contribution in [1.29, 1.82) is 0 Å². The number of hydrogen-bond acceptors (Lipinski definition) is 2. The topological polar surface area (TPSA) is 29.5 Å². The van der Waals surface area contributed by atoms with E-state index < -0.39 is 8.32 Å². The Kier molecular flexibility index (Phi) is 4.76. The molecule has 0 bridgehead atoms. The summed E-state index contributed by atoms with van der Waals surface area (Å²) in [5, 5.41) is 8.93. The smallest absolute Gasteiger partial charge is 0.250 e. The Morgan fingerprint density at radius 2 is 1.72 bits per heavy atom. The molecule has 18 heavy (non-hydrogen) atoms. The van der Waals surface area contributed by atoms with E-state index in [1.54, 1.807) is 6.08 Å². The predicted octanol–water partition coefficient (Wildman–Crippen LogP) is 4.08. The molecule has 1 aromatic carbocycles. The van der Waals surface area contributed by atoms with Crippen LogP contribution in [0.15, 0.2) is 30.3 Å². The lowest BCUT2D eigenvalue weighted by molar-refractivity contribution is 0.343. The lowest BCUT2D eigenvalue weighted by Gasteiger charge is -2.36. The zero-order chi connectivity index (χ0) is 13.8. The summed E-state index contributed by atoms with van der Waals surface area (Å²) >= 11 is 0. The van der Waals surface area contributed by atoms with E-state index in [0.29, 0.717) is 0 Å². The normalized spacial score (nSPS) is 13.0. The first-order valence-corrected chi connectivity index (χ1v) is 9.23. The van der Waals surface area contributed by atoms with E-state index in [0.717, 1.165) is 11.3 Å². The van der Waals surface area contributed by atoms with Crippen LogP contribution in [0.4, 0.5) is 0 Å². The Hall–Kier alpha value is -1.06. The predicted molar refractivity (Wildman–Crippen MR) is 80.4 cm³/mol. The fourth-order valence-electron chi connectivity index (χ4n) is 1.28. The van der Waals surface area contributed by atoms with Crippen molar-refractivity contribution in [1.82, 2.24) is 0 Å². The maximum absolute atomic E-state index is 8.72. The molecule has 1 rings (SSSR count). The highest BCUT2D eigenvalue weighted by Crippen LogP contribution is 2.37. The first kappa shape index (κ1) is 15.0. The van der Waals surface area contributed by atoms with Crippen LogP contribution in [-0.4, -0.2) is 20.0 Å².